The van der Waals surface area contributed by atoms with E-state index in [1.165, 1.54) is 19.3 Å². The summed E-state index contributed by atoms with van der Waals surface area (Å²) >= 11 is 0. The molecule has 0 saturated heterocycles. The first kappa shape index (κ1) is 6.69. The van der Waals surface area contributed by atoms with Crippen LogP contribution in [0.5, 0.6) is 0 Å². The highest BCUT2D eigenvalue weighted by molar-refractivity contribution is 5.10. The lowest BCUT2D eigenvalue weighted by atomic mass is 9.67. The second kappa shape index (κ2) is 1.99. The molecule has 3 atom stereocenters. The predicted octanol–water partition coefficient (Wildman–Crippen LogP) is 3.22. The largest absolute Gasteiger partial charge is 0.0651 e. The van der Waals surface area contributed by atoms with Gasteiger partial charge < -0.3 is 0 Å². The van der Waals surface area contributed by atoms with E-state index in [0.29, 0.717) is 0 Å². The van der Waals surface area contributed by atoms with Crippen LogP contribution in [-0.4, -0.2) is 0 Å². The summed E-state index contributed by atoms with van der Waals surface area (Å²) in [6, 6.07) is 0. The topological polar surface area (TPSA) is 0 Å². The van der Waals surface area contributed by atoms with E-state index < -0.39 is 0 Å². The molecule has 0 nitrogen and oxygen atoms in total. The van der Waals surface area contributed by atoms with Crippen molar-refractivity contribution in [2.75, 3.05) is 0 Å². The van der Waals surface area contributed by atoms with Crippen LogP contribution in [0.2, 0.25) is 0 Å². The molecule has 10 heavy (non-hydrogen) atoms. The zero-order valence-corrected chi connectivity index (χ0v) is 7.19. The highest BCUT2D eigenvalue weighted by Gasteiger charge is 2.61. The van der Waals surface area contributed by atoms with Gasteiger partial charge in [0.1, 0.15) is 0 Å². The van der Waals surface area contributed by atoms with E-state index in [1.54, 1.807) is 12.8 Å². The van der Waals surface area contributed by atoms with Crippen molar-refractivity contribution < 1.29 is 0 Å². The molecule has 0 aromatic carbocycles. The van der Waals surface area contributed by atoms with Crippen LogP contribution in [0.1, 0.15) is 46.0 Å². The first-order valence-corrected chi connectivity index (χ1v) is 4.83. The summed E-state index contributed by atoms with van der Waals surface area (Å²) in [6.07, 6.45) is 7.55. The molecule has 0 heteroatoms. The molecule has 0 radical (unpaired) electrons. The fourth-order valence-corrected chi connectivity index (χ4v) is 3.09. The van der Waals surface area contributed by atoms with Crippen molar-refractivity contribution in [3.8, 4) is 0 Å². The first-order chi connectivity index (χ1) is 4.83. The molecule has 0 amide bonds. The maximum Gasteiger partial charge on any atom is -0.0238 e. The van der Waals surface area contributed by atoms with E-state index in [2.05, 4.69) is 13.8 Å². The standard InChI is InChI=1S/C10H18/c1-3-8-5-6-10(8)7-9(10)4-2/h8-9H,3-7H2,1-2H3. The minimum atomic E-state index is 0.906. The Labute approximate surface area is 64.0 Å². The van der Waals surface area contributed by atoms with Crippen LogP contribution in [-0.2, 0) is 0 Å². The average molecular weight is 138 g/mol. The van der Waals surface area contributed by atoms with E-state index in [9.17, 15) is 0 Å². The Balaban J connectivity index is 1.95. The first-order valence-electron chi connectivity index (χ1n) is 4.83. The van der Waals surface area contributed by atoms with E-state index in [1.807, 2.05) is 0 Å². The smallest absolute Gasteiger partial charge is 0.0238 e. The summed E-state index contributed by atoms with van der Waals surface area (Å²) in [7, 11) is 0. The molecule has 58 valence electrons. The normalized spacial score (nSPS) is 51.0. The lowest BCUT2D eigenvalue weighted by molar-refractivity contribution is 0.122. The maximum atomic E-state index is 2.36. The van der Waals surface area contributed by atoms with Crippen molar-refractivity contribution in [2.24, 2.45) is 17.3 Å². The minimum absolute atomic E-state index is 0.906. The lowest BCUT2D eigenvalue weighted by Crippen LogP contribution is -2.28. The van der Waals surface area contributed by atoms with Gasteiger partial charge in [-0.05, 0) is 36.5 Å². The molecule has 2 rings (SSSR count). The van der Waals surface area contributed by atoms with Gasteiger partial charge in [-0.1, -0.05) is 26.7 Å². The molecule has 2 aliphatic carbocycles. The molecular formula is C10H18. The van der Waals surface area contributed by atoms with Gasteiger partial charge in [-0.25, -0.2) is 0 Å². The molecule has 0 aromatic heterocycles. The zero-order chi connectivity index (χ0) is 7.19. The van der Waals surface area contributed by atoms with Gasteiger partial charge in [0.15, 0.2) is 0 Å². The Hall–Kier alpha value is 0. The Bertz CT molecular complexity index is 137. The second-order valence-corrected chi connectivity index (χ2v) is 4.19. The molecule has 3 unspecified atom stereocenters. The van der Waals surface area contributed by atoms with Crippen LogP contribution in [0, 0.1) is 17.3 Å². The van der Waals surface area contributed by atoms with Crippen molar-refractivity contribution >= 4 is 0 Å². The summed E-state index contributed by atoms with van der Waals surface area (Å²) in [5.41, 5.74) is 0.906. The monoisotopic (exact) mass is 138 g/mol. The van der Waals surface area contributed by atoms with Gasteiger partial charge in [0, 0.05) is 0 Å². The zero-order valence-electron chi connectivity index (χ0n) is 7.19. The molecule has 1 spiro atoms. The van der Waals surface area contributed by atoms with Crippen molar-refractivity contribution in [3.05, 3.63) is 0 Å². The van der Waals surface area contributed by atoms with Crippen LogP contribution in [0.4, 0.5) is 0 Å². The fraction of sp³-hybridized carbons (Fsp3) is 1.00. The molecule has 0 N–H and O–H groups in total. The molecule has 2 fully saturated rings. The van der Waals surface area contributed by atoms with Gasteiger partial charge in [0.05, 0.1) is 0 Å². The number of rotatable bonds is 2. The maximum absolute atomic E-state index is 2.36. The molecule has 0 heterocycles. The lowest BCUT2D eigenvalue weighted by Gasteiger charge is -2.38. The van der Waals surface area contributed by atoms with Crippen molar-refractivity contribution in [1.29, 1.82) is 0 Å². The third kappa shape index (κ3) is 0.627. The van der Waals surface area contributed by atoms with Crippen LogP contribution >= 0.6 is 0 Å². The van der Waals surface area contributed by atoms with Crippen LogP contribution < -0.4 is 0 Å². The molecule has 0 aliphatic heterocycles. The Kier molecular flexibility index (Phi) is 1.33. The Morgan fingerprint density at radius 2 is 1.90 bits per heavy atom. The van der Waals surface area contributed by atoms with E-state index in [4.69, 9.17) is 0 Å². The molecule has 0 bridgehead atoms. The number of hydrogen-bond donors (Lipinski definition) is 0. The summed E-state index contributed by atoms with van der Waals surface area (Å²) in [5, 5.41) is 0. The molecular weight excluding hydrogens is 120 g/mol. The highest BCUT2D eigenvalue weighted by atomic mass is 14.7. The Morgan fingerprint density at radius 3 is 2.20 bits per heavy atom. The third-order valence-electron chi connectivity index (χ3n) is 4.04. The van der Waals surface area contributed by atoms with Gasteiger partial charge in [0.2, 0.25) is 0 Å². The fourth-order valence-electron chi connectivity index (χ4n) is 3.09. The second-order valence-electron chi connectivity index (χ2n) is 4.19. The quantitative estimate of drug-likeness (QED) is 0.549. The third-order valence-corrected chi connectivity index (χ3v) is 4.04. The summed E-state index contributed by atoms with van der Waals surface area (Å²) in [6.45, 7) is 4.71. The summed E-state index contributed by atoms with van der Waals surface area (Å²) in [5.74, 6) is 2.25. The van der Waals surface area contributed by atoms with Gasteiger partial charge >= 0.3 is 0 Å². The molecule has 2 saturated carbocycles. The minimum Gasteiger partial charge on any atom is -0.0651 e. The van der Waals surface area contributed by atoms with E-state index in [-0.39, 0.29) is 0 Å². The van der Waals surface area contributed by atoms with Crippen LogP contribution in [0.15, 0.2) is 0 Å². The van der Waals surface area contributed by atoms with Gasteiger partial charge in [-0.3, -0.25) is 0 Å². The predicted molar refractivity (Wildman–Crippen MR) is 43.8 cm³/mol. The summed E-state index contributed by atoms with van der Waals surface area (Å²) < 4.78 is 0. The van der Waals surface area contributed by atoms with Gasteiger partial charge in [0.25, 0.3) is 0 Å². The Morgan fingerprint density at radius 1 is 1.20 bits per heavy atom. The highest BCUT2D eigenvalue weighted by Crippen LogP contribution is 2.70. The molecule has 2 aliphatic rings. The summed E-state index contributed by atoms with van der Waals surface area (Å²) in [4.78, 5) is 0. The van der Waals surface area contributed by atoms with E-state index in [0.717, 1.165) is 17.3 Å². The van der Waals surface area contributed by atoms with Crippen molar-refractivity contribution in [2.45, 2.75) is 46.0 Å². The van der Waals surface area contributed by atoms with Crippen molar-refractivity contribution in [3.63, 3.8) is 0 Å². The SMILES string of the molecule is CCC1CCC12CC2CC. The molecule has 0 aromatic rings. The van der Waals surface area contributed by atoms with Gasteiger partial charge in [-0.15, -0.1) is 0 Å². The van der Waals surface area contributed by atoms with Gasteiger partial charge in [-0.2, -0.15) is 0 Å². The van der Waals surface area contributed by atoms with Crippen LogP contribution in [0.25, 0.3) is 0 Å². The van der Waals surface area contributed by atoms with Crippen molar-refractivity contribution in [1.82, 2.24) is 0 Å². The number of hydrogen-bond acceptors (Lipinski definition) is 0. The average Bonchev–Trinajstić information content (AvgIpc) is 2.62. The van der Waals surface area contributed by atoms with Crippen LogP contribution in [0.3, 0.4) is 0 Å². The van der Waals surface area contributed by atoms with E-state index >= 15 is 0 Å².